The van der Waals surface area contributed by atoms with Crippen LogP contribution in [0.15, 0.2) is 24.3 Å². The molecule has 1 amide bonds. The number of carbonyl (C=O) groups is 2. The summed E-state index contributed by atoms with van der Waals surface area (Å²) in [5.74, 6) is 1.05. The van der Waals surface area contributed by atoms with Gasteiger partial charge in [0.15, 0.2) is 5.78 Å². The van der Waals surface area contributed by atoms with Crippen molar-refractivity contribution in [2.45, 2.75) is 58.6 Å². The smallest absolute Gasteiger partial charge is 0.254 e. The summed E-state index contributed by atoms with van der Waals surface area (Å²) in [6.45, 7) is 10.3. The summed E-state index contributed by atoms with van der Waals surface area (Å²) in [6.07, 6.45) is 1.02. The minimum Gasteiger partial charge on any atom is -0.494 e. The Bertz CT molecular complexity index is 1280. The van der Waals surface area contributed by atoms with Crippen LogP contribution >= 0.6 is 0 Å². The largest absolute Gasteiger partial charge is 0.494 e. The third kappa shape index (κ3) is 5.73. The summed E-state index contributed by atoms with van der Waals surface area (Å²) in [7, 11) is 3.21. The number of amidine groups is 1. The molecule has 9 nitrogen and oxygen atoms in total. The molecule has 39 heavy (non-hydrogen) atoms. The number of methoxy groups -OCH3 is 1. The highest BCUT2D eigenvalue weighted by Gasteiger charge is 2.31. The molecule has 2 aliphatic rings. The van der Waals surface area contributed by atoms with Crippen LogP contribution in [0.1, 0.15) is 77.9 Å². The highest BCUT2D eigenvalue weighted by Crippen LogP contribution is 2.41. The molecule has 1 fully saturated rings. The van der Waals surface area contributed by atoms with Crippen LogP contribution in [0, 0.1) is 5.41 Å². The van der Waals surface area contributed by atoms with Crippen LogP contribution in [0.25, 0.3) is 0 Å². The van der Waals surface area contributed by atoms with Crippen LogP contribution in [0.3, 0.4) is 0 Å². The number of aliphatic hydroxyl groups excluding tert-OH is 1. The topological polar surface area (TPSA) is 115 Å². The third-order valence-corrected chi connectivity index (χ3v) is 7.45. The molecule has 3 N–H and O–H groups in total. The van der Waals surface area contributed by atoms with E-state index in [0.717, 1.165) is 22.6 Å². The summed E-state index contributed by atoms with van der Waals surface area (Å²) in [4.78, 5) is 30.1. The van der Waals surface area contributed by atoms with E-state index in [1.54, 1.807) is 31.2 Å². The molecule has 4 rings (SSSR count). The van der Waals surface area contributed by atoms with Gasteiger partial charge < -0.3 is 29.7 Å². The molecule has 2 aromatic carbocycles. The van der Waals surface area contributed by atoms with E-state index in [-0.39, 0.29) is 35.6 Å². The van der Waals surface area contributed by atoms with Gasteiger partial charge in [-0.1, -0.05) is 20.8 Å². The first kappa shape index (κ1) is 28.4. The highest BCUT2D eigenvalue weighted by atomic mass is 16.5. The zero-order chi connectivity index (χ0) is 28.5. The Morgan fingerprint density at radius 3 is 2.44 bits per heavy atom. The van der Waals surface area contributed by atoms with Crippen LogP contribution in [-0.4, -0.2) is 74.0 Å². The Labute approximate surface area is 230 Å². The highest BCUT2D eigenvalue weighted by molar-refractivity contribution is 6.08. The summed E-state index contributed by atoms with van der Waals surface area (Å²) in [5.41, 5.74) is 3.94. The van der Waals surface area contributed by atoms with Crippen molar-refractivity contribution < 1.29 is 24.2 Å². The molecule has 0 spiro atoms. The van der Waals surface area contributed by atoms with Crippen LogP contribution in [0.5, 0.6) is 11.5 Å². The number of anilines is 1. The van der Waals surface area contributed by atoms with Crippen molar-refractivity contribution in [3.8, 4) is 11.5 Å². The molecule has 1 saturated heterocycles. The van der Waals surface area contributed by atoms with Gasteiger partial charge in [0.1, 0.15) is 17.3 Å². The van der Waals surface area contributed by atoms with E-state index in [9.17, 15) is 14.7 Å². The van der Waals surface area contributed by atoms with Crippen LogP contribution < -0.4 is 19.7 Å². The minimum atomic E-state index is -0.311. The fraction of sp³-hybridized carbons (Fsp3) is 0.500. The van der Waals surface area contributed by atoms with E-state index in [0.29, 0.717) is 61.5 Å². The number of hydrogen-bond acceptors (Lipinski definition) is 7. The monoisotopic (exact) mass is 536 g/mol. The molecule has 2 heterocycles. The molecule has 0 saturated carbocycles. The van der Waals surface area contributed by atoms with Gasteiger partial charge in [0.25, 0.3) is 5.91 Å². The number of hydrogen-bond donors (Lipinski definition) is 3. The van der Waals surface area contributed by atoms with Crippen LogP contribution in [-0.2, 0) is 12.0 Å². The Balaban J connectivity index is 1.65. The van der Waals surface area contributed by atoms with Gasteiger partial charge in [-0.15, -0.1) is 0 Å². The Morgan fingerprint density at radius 2 is 1.85 bits per heavy atom. The fourth-order valence-corrected chi connectivity index (χ4v) is 5.30. The molecule has 0 atom stereocenters. The molecule has 0 unspecified atom stereocenters. The maximum absolute atomic E-state index is 13.7. The van der Waals surface area contributed by atoms with Crippen molar-refractivity contribution in [3.05, 3.63) is 52.1 Å². The molecule has 2 aromatic rings. The second-order valence-electron chi connectivity index (χ2n) is 11.2. The predicted molar refractivity (Wildman–Crippen MR) is 152 cm³/mol. The van der Waals surface area contributed by atoms with E-state index >= 15 is 0 Å². The number of carbonyl (C=O) groups excluding carboxylic acids is 2. The molecule has 2 aliphatic heterocycles. The van der Waals surface area contributed by atoms with Crippen molar-refractivity contribution in [1.29, 1.82) is 5.41 Å². The van der Waals surface area contributed by atoms with E-state index in [1.165, 1.54) is 0 Å². The lowest BCUT2D eigenvalue weighted by molar-refractivity contribution is 0.0953. The average Bonchev–Trinajstić information content (AvgIpc) is 3.20. The van der Waals surface area contributed by atoms with E-state index in [4.69, 9.17) is 14.9 Å². The normalized spacial score (nSPS) is 15.8. The molecule has 0 aliphatic carbocycles. The first-order valence-corrected chi connectivity index (χ1v) is 13.5. The van der Waals surface area contributed by atoms with E-state index in [2.05, 4.69) is 31.0 Å². The van der Waals surface area contributed by atoms with Gasteiger partial charge in [-0.25, -0.2) is 0 Å². The standard InChI is InChI=1S/C30H40N4O5/c1-7-39-26-14-19-16-34(28(31)21(19)15-22(26)29(37)32-5)17-25(36)18-12-23(30(2,3)4)27(38-6)24(13-18)33-10-8-20(35)9-11-33/h12-15,20,31,35H,7-11,16-17H2,1-6H3,(H,32,37). The lowest BCUT2D eigenvalue weighted by Crippen LogP contribution is -2.36. The minimum absolute atomic E-state index is 0.0286. The van der Waals surface area contributed by atoms with Gasteiger partial charge in [0, 0.05) is 43.4 Å². The Hall–Kier alpha value is -3.59. The number of rotatable bonds is 8. The zero-order valence-corrected chi connectivity index (χ0v) is 23.8. The first-order chi connectivity index (χ1) is 18.5. The van der Waals surface area contributed by atoms with Crippen molar-refractivity contribution in [2.24, 2.45) is 0 Å². The number of amides is 1. The summed E-state index contributed by atoms with van der Waals surface area (Å²) in [6, 6.07) is 7.28. The predicted octanol–water partition coefficient (Wildman–Crippen LogP) is 3.74. The third-order valence-electron chi connectivity index (χ3n) is 7.45. The number of benzene rings is 2. The van der Waals surface area contributed by atoms with Crippen LogP contribution in [0.2, 0.25) is 0 Å². The molecular weight excluding hydrogens is 496 g/mol. The van der Waals surface area contributed by atoms with Crippen molar-refractivity contribution in [2.75, 3.05) is 45.3 Å². The SMILES string of the molecule is CCOc1cc2c(cc1C(=O)NC)C(=N)N(CC(=O)c1cc(N3CCC(O)CC3)c(OC)c(C(C)(C)C)c1)C2. The van der Waals surface area contributed by atoms with Gasteiger partial charge in [-0.3, -0.25) is 15.0 Å². The number of Topliss-reactive ketones (excluding diaryl/α,β-unsaturated/α-hetero) is 1. The molecule has 0 radical (unpaired) electrons. The quantitative estimate of drug-likeness (QED) is 0.440. The number of nitrogens with one attached hydrogen (secondary N) is 2. The summed E-state index contributed by atoms with van der Waals surface area (Å²) in [5, 5.41) is 21.4. The van der Waals surface area contributed by atoms with E-state index in [1.807, 2.05) is 19.1 Å². The van der Waals surface area contributed by atoms with Gasteiger partial charge in [0.05, 0.1) is 37.6 Å². The van der Waals surface area contributed by atoms with Gasteiger partial charge in [-0.05, 0) is 55.0 Å². The zero-order valence-electron chi connectivity index (χ0n) is 23.8. The van der Waals surface area contributed by atoms with Crippen molar-refractivity contribution in [1.82, 2.24) is 10.2 Å². The maximum atomic E-state index is 13.7. The molecule has 0 aromatic heterocycles. The number of nitrogens with zero attached hydrogens (tertiary/aromatic N) is 2. The maximum Gasteiger partial charge on any atom is 0.254 e. The Morgan fingerprint density at radius 1 is 1.15 bits per heavy atom. The number of piperidine rings is 1. The number of ether oxygens (including phenoxy) is 2. The Kier molecular flexibility index (Phi) is 8.20. The first-order valence-electron chi connectivity index (χ1n) is 13.5. The number of ketones is 1. The van der Waals surface area contributed by atoms with Gasteiger partial charge >= 0.3 is 0 Å². The molecule has 210 valence electrons. The molecule has 9 heteroatoms. The molecule has 0 bridgehead atoms. The molecular formula is C30H40N4O5. The van der Waals surface area contributed by atoms with Gasteiger partial charge in [0.2, 0.25) is 0 Å². The second kappa shape index (κ2) is 11.3. The number of fused-ring (bicyclic) bond motifs is 1. The van der Waals surface area contributed by atoms with E-state index < -0.39 is 0 Å². The fourth-order valence-electron chi connectivity index (χ4n) is 5.30. The summed E-state index contributed by atoms with van der Waals surface area (Å²) < 4.78 is 11.6. The summed E-state index contributed by atoms with van der Waals surface area (Å²) >= 11 is 0. The van der Waals surface area contributed by atoms with Gasteiger partial charge in [-0.2, -0.15) is 0 Å². The lowest BCUT2D eigenvalue weighted by atomic mass is 9.84. The van der Waals surface area contributed by atoms with Crippen molar-refractivity contribution >= 4 is 23.2 Å². The van der Waals surface area contributed by atoms with Crippen LogP contribution in [0.4, 0.5) is 5.69 Å². The lowest BCUT2D eigenvalue weighted by Gasteiger charge is -2.35. The van der Waals surface area contributed by atoms with Crippen molar-refractivity contribution in [3.63, 3.8) is 0 Å². The number of aliphatic hydroxyl groups is 1. The second-order valence-corrected chi connectivity index (χ2v) is 11.2. The average molecular weight is 537 g/mol.